The number of rotatable bonds is 5. The van der Waals surface area contributed by atoms with Crippen LogP contribution >= 0.6 is 11.3 Å². The van der Waals surface area contributed by atoms with Gasteiger partial charge < -0.3 is 9.30 Å². The van der Waals surface area contributed by atoms with Crippen LogP contribution < -0.4 is 9.54 Å². The molecule has 1 unspecified atom stereocenters. The fourth-order valence-corrected chi connectivity index (χ4v) is 6.60. The Labute approximate surface area is 197 Å². The number of benzene rings is 2. The maximum Gasteiger partial charge on any atom is 0.279 e. The third-order valence-electron chi connectivity index (χ3n) is 5.70. The zero-order valence-corrected chi connectivity index (χ0v) is 20.2. The Balaban J connectivity index is 1.64. The molecule has 1 fully saturated rings. The Hall–Kier alpha value is -2.93. The SMILES string of the molecule is C#CCn1c(=NC(=O)c2ccc(S(=O)(=O)N3CCCC(C)C3)cc2)sc2cc(OC)ccc21. The minimum Gasteiger partial charge on any atom is -0.497 e. The van der Waals surface area contributed by atoms with Gasteiger partial charge in [-0.1, -0.05) is 24.2 Å². The van der Waals surface area contributed by atoms with Crippen molar-refractivity contribution in [2.75, 3.05) is 20.2 Å². The third-order valence-corrected chi connectivity index (χ3v) is 8.62. The van der Waals surface area contributed by atoms with Crippen molar-refractivity contribution >= 4 is 37.5 Å². The summed E-state index contributed by atoms with van der Waals surface area (Å²) in [6.45, 7) is 3.37. The van der Waals surface area contributed by atoms with E-state index in [9.17, 15) is 13.2 Å². The van der Waals surface area contributed by atoms with Crippen LogP contribution in [0.5, 0.6) is 5.75 Å². The van der Waals surface area contributed by atoms with Gasteiger partial charge in [-0.2, -0.15) is 9.30 Å². The number of carbonyl (C=O) groups is 1. The van der Waals surface area contributed by atoms with Crippen LogP contribution in [-0.2, 0) is 16.6 Å². The van der Waals surface area contributed by atoms with E-state index in [1.807, 2.05) is 18.2 Å². The molecule has 2 heterocycles. The Morgan fingerprint density at radius 2 is 2.03 bits per heavy atom. The molecule has 1 aliphatic rings. The highest BCUT2D eigenvalue weighted by Gasteiger charge is 2.28. The highest BCUT2D eigenvalue weighted by Crippen LogP contribution is 2.25. The van der Waals surface area contributed by atoms with Gasteiger partial charge in [0.05, 0.1) is 28.8 Å². The molecule has 7 nitrogen and oxygen atoms in total. The van der Waals surface area contributed by atoms with Gasteiger partial charge in [-0.25, -0.2) is 8.42 Å². The highest BCUT2D eigenvalue weighted by molar-refractivity contribution is 7.89. The number of nitrogens with zero attached hydrogens (tertiary/aromatic N) is 3. The van der Waals surface area contributed by atoms with Gasteiger partial charge in [0.15, 0.2) is 4.80 Å². The molecular formula is C24H25N3O4S2. The number of amides is 1. The van der Waals surface area contributed by atoms with E-state index in [1.165, 1.54) is 39.9 Å². The second-order valence-corrected chi connectivity index (χ2v) is 11.0. The summed E-state index contributed by atoms with van der Waals surface area (Å²) in [7, 11) is -1.99. The topological polar surface area (TPSA) is 81.0 Å². The van der Waals surface area contributed by atoms with E-state index < -0.39 is 15.9 Å². The molecule has 1 amide bonds. The van der Waals surface area contributed by atoms with Gasteiger partial charge in [-0.05, 0) is 61.2 Å². The van der Waals surface area contributed by atoms with Crippen molar-refractivity contribution < 1.29 is 17.9 Å². The van der Waals surface area contributed by atoms with E-state index in [4.69, 9.17) is 11.2 Å². The van der Waals surface area contributed by atoms with Gasteiger partial charge in [-0.3, -0.25) is 4.79 Å². The molecule has 33 heavy (non-hydrogen) atoms. The van der Waals surface area contributed by atoms with E-state index in [1.54, 1.807) is 11.7 Å². The van der Waals surface area contributed by atoms with Gasteiger partial charge >= 0.3 is 0 Å². The van der Waals surface area contributed by atoms with Gasteiger partial charge in [0.25, 0.3) is 5.91 Å². The quantitative estimate of drug-likeness (QED) is 0.520. The summed E-state index contributed by atoms with van der Waals surface area (Å²) >= 11 is 1.34. The number of piperidine rings is 1. The van der Waals surface area contributed by atoms with Gasteiger partial charge in [-0.15, -0.1) is 6.42 Å². The monoisotopic (exact) mass is 483 g/mol. The lowest BCUT2D eigenvalue weighted by atomic mass is 10.0. The largest absolute Gasteiger partial charge is 0.497 e. The second-order valence-electron chi connectivity index (χ2n) is 8.06. The zero-order chi connectivity index (χ0) is 23.6. The number of aromatic nitrogens is 1. The number of methoxy groups -OCH3 is 1. The molecule has 3 aromatic rings. The molecule has 0 aliphatic carbocycles. The third kappa shape index (κ3) is 4.74. The molecule has 0 radical (unpaired) electrons. The number of terminal acetylenes is 1. The summed E-state index contributed by atoms with van der Waals surface area (Å²) in [6.07, 6.45) is 7.42. The van der Waals surface area contributed by atoms with Crippen molar-refractivity contribution in [2.45, 2.75) is 31.2 Å². The Morgan fingerprint density at radius 3 is 2.70 bits per heavy atom. The molecule has 1 aromatic heterocycles. The smallest absolute Gasteiger partial charge is 0.279 e. The summed E-state index contributed by atoms with van der Waals surface area (Å²) in [6, 6.07) is 11.5. The van der Waals surface area contributed by atoms with Crippen LogP contribution in [-0.4, -0.2) is 43.4 Å². The van der Waals surface area contributed by atoms with Crippen molar-refractivity contribution in [3.05, 3.63) is 52.8 Å². The number of hydrogen-bond acceptors (Lipinski definition) is 5. The molecule has 2 aromatic carbocycles. The minimum atomic E-state index is -3.58. The van der Waals surface area contributed by atoms with Crippen molar-refractivity contribution in [3.8, 4) is 18.1 Å². The van der Waals surface area contributed by atoms with Crippen molar-refractivity contribution in [3.63, 3.8) is 0 Å². The summed E-state index contributed by atoms with van der Waals surface area (Å²) in [5, 5.41) is 0. The van der Waals surface area contributed by atoms with E-state index in [-0.39, 0.29) is 11.4 Å². The average molecular weight is 484 g/mol. The van der Waals surface area contributed by atoms with E-state index >= 15 is 0 Å². The Bertz CT molecular complexity index is 1400. The number of carbonyl (C=O) groups excluding carboxylic acids is 1. The molecular weight excluding hydrogens is 458 g/mol. The van der Waals surface area contributed by atoms with E-state index in [0.717, 1.165) is 23.1 Å². The molecule has 9 heteroatoms. The van der Waals surface area contributed by atoms with Gasteiger partial charge in [0.2, 0.25) is 10.0 Å². The number of hydrogen-bond donors (Lipinski definition) is 0. The lowest BCUT2D eigenvalue weighted by Crippen LogP contribution is -2.39. The first-order valence-electron chi connectivity index (χ1n) is 10.6. The molecule has 1 atom stereocenters. The standard InChI is InChI=1S/C24H25N3O4S2/c1-4-13-27-21-12-9-19(31-3)15-22(21)32-24(27)25-23(28)18-7-10-20(11-8-18)33(29,30)26-14-5-6-17(2)16-26/h1,7-12,15,17H,5-6,13-14,16H2,2-3H3. The molecule has 0 saturated carbocycles. The lowest BCUT2D eigenvalue weighted by Gasteiger charge is -2.30. The van der Waals surface area contributed by atoms with Crippen LogP contribution in [0.25, 0.3) is 10.2 Å². The maximum absolute atomic E-state index is 13.0. The highest BCUT2D eigenvalue weighted by atomic mass is 32.2. The fourth-order valence-electron chi connectivity index (χ4n) is 3.94. The normalized spacial score (nSPS) is 17.7. The average Bonchev–Trinajstić information content (AvgIpc) is 3.15. The van der Waals surface area contributed by atoms with Crippen LogP contribution in [0.3, 0.4) is 0 Å². The van der Waals surface area contributed by atoms with Gasteiger partial charge in [0, 0.05) is 18.7 Å². The summed E-state index contributed by atoms with van der Waals surface area (Å²) in [5.41, 5.74) is 1.17. The first-order chi connectivity index (χ1) is 15.8. The molecule has 0 N–H and O–H groups in total. The Kier molecular flexibility index (Phi) is 6.70. The van der Waals surface area contributed by atoms with Gasteiger partial charge in [0.1, 0.15) is 5.75 Å². The van der Waals surface area contributed by atoms with E-state index in [0.29, 0.717) is 35.1 Å². The van der Waals surface area contributed by atoms with Crippen LogP contribution in [0.4, 0.5) is 0 Å². The number of sulfonamides is 1. The van der Waals surface area contributed by atoms with E-state index in [2.05, 4.69) is 17.8 Å². The van der Waals surface area contributed by atoms with Crippen LogP contribution in [0, 0.1) is 18.3 Å². The van der Waals surface area contributed by atoms with Crippen molar-refractivity contribution in [2.24, 2.45) is 10.9 Å². The predicted octanol–water partition coefficient (Wildman–Crippen LogP) is 3.51. The molecule has 0 spiro atoms. The molecule has 1 saturated heterocycles. The zero-order valence-electron chi connectivity index (χ0n) is 18.5. The van der Waals surface area contributed by atoms with Crippen LogP contribution in [0.2, 0.25) is 0 Å². The van der Waals surface area contributed by atoms with Crippen molar-refractivity contribution in [1.29, 1.82) is 0 Å². The number of thiazole rings is 1. The summed E-state index contributed by atoms with van der Waals surface area (Å²) < 4.78 is 35.4. The molecule has 172 valence electrons. The summed E-state index contributed by atoms with van der Waals surface area (Å²) in [5.74, 6) is 3.18. The minimum absolute atomic E-state index is 0.185. The maximum atomic E-state index is 13.0. The van der Waals surface area contributed by atoms with Crippen LogP contribution in [0.1, 0.15) is 30.1 Å². The van der Waals surface area contributed by atoms with Crippen LogP contribution in [0.15, 0.2) is 52.4 Å². The molecule has 1 aliphatic heterocycles. The Morgan fingerprint density at radius 1 is 1.27 bits per heavy atom. The first-order valence-corrected chi connectivity index (χ1v) is 12.9. The summed E-state index contributed by atoms with van der Waals surface area (Å²) in [4.78, 5) is 17.8. The van der Waals surface area contributed by atoms with Crippen molar-refractivity contribution in [1.82, 2.24) is 8.87 Å². The second kappa shape index (κ2) is 9.51. The molecule has 0 bridgehead atoms. The fraction of sp³-hybridized carbons (Fsp3) is 0.333. The lowest BCUT2D eigenvalue weighted by molar-refractivity contribution is 0.0998. The number of ether oxygens (including phenoxy) is 1. The molecule has 4 rings (SSSR count). The number of fused-ring (bicyclic) bond motifs is 1. The predicted molar refractivity (Wildman–Crippen MR) is 129 cm³/mol. The first kappa shape index (κ1) is 23.2.